The molecule has 1 unspecified atom stereocenters. The Bertz CT molecular complexity index is 893. The summed E-state index contributed by atoms with van der Waals surface area (Å²) in [5.41, 5.74) is 0.442. The van der Waals surface area contributed by atoms with E-state index in [9.17, 15) is 4.79 Å². The number of benzene rings is 1. The van der Waals surface area contributed by atoms with Crippen LogP contribution in [0.25, 0.3) is 0 Å². The summed E-state index contributed by atoms with van der Waals surface area (Å²) in [5, 5.41) is 5.19. The van der Waals surface area contributed by atoms with Crippen LogP contribution < -0.4 is 10.1 Å². The summed E-state index contributed by atoms with van der Waals surface area (Å²) in [5.74, 6) is 0.809. The number of amides is 1. The third-order valence-corrected chi connectivity index (χ3v) is 5.86. The standard InChI is InChI=1S/C22H23N3O2S/c26-21(18-10-6-12-23-22(18)27-17-8-2-1-3-9-17)24-16-19(20-11-7-15-28-20)25-13-4-5-14-25/h1-3,6-12,15,19H,4-5,13-14,16H2,(H,24,26). The Morgan fingerprint density at radius 1 is 1.11 bits per heavy atom. The normalized spacial score (nSPS) is 15.3. The highest BCUT2D eigenvalue weighted by molar-refractivity contribution is 7.10. The Balaban J connectivity index is 1.47. The highest BCUT2D eigenvalue weighted by Crippen LogP contribution is 2.28. The summed E-state index contributed by atoms with van der Waals surface area (Å²) in [7, 11) is 0. The van der Waals surface area contributed by atoms with Crippen molar-refractivity contribution in [2.24, 2.45) is 0 Å². The Kier molecular flexibility index (Phi) is 5.99. The van der Waals surface area contributed by atoms with Gasteiger partial charge in [0.05, 0.1) is 6.04 Å². The monoisotopic (exact) mass is 393 g/mol. The van der Waals surface area contributed by atoms with Crippen molar-refractivity contribution in [1.29, 1.82) is 0 Å². The second kappa shape index (κ2) is 8.99. The van der Waals surface area contributed by atoms with Gasteiger partial charge in [0, 0.05) is 17.6 Å². The molecule has 2 aromatic heterocycles. The fraction of sp³-hybridized carbons (Fsp3) is 0.273. The van der Waals surface area contributed by atoms with Crippen molar-refractivity contribution < 1.29 is 9.53 Å². The van der Waals surface area contributed by atoms with Gasteiger partial charge in [0.25, 0.3) is 5.91 Å². The average Bonchev–Trinajstić information content (AvgIpc) is 3.44. The fourth-order valence-electron chi connectivity index (χ4n) is 3.47. The molecule has 0 saturated carbocycles. The molecule has 28 heavy (non-hydrogen) atoms. The van der Waals surface area contributed by atoms with Gasteiger partial charge >= 0.3 is 0 Å². The number of pyridine rings is 1. The molecule has 0 aliphatic carbocycles. The molecular formula is C22H23N3O2S. The first-order valence-electron chi connectivity index (χ1n) is 9.55. The van der Waals surface area contributed by atoms with E-state index in [2.05, 4.69) is 32.7 Å². The molecule has 1 saturated heterocycles. The van der Waals surface area contributed by atoms with Crippen LogP contribution in [0.1, 0.15) is 34.1 Å². The molecule has 6 heteroatoms. The third kappa shape index (κ3) is 4.40. The first-order chi connectivity index (χ1) is 13.8. The maximum Gasteiger partial charge on any atom is 0.256 e. The maximum atomic E-state index is 12.9. The maximum absolute atomic E-state index is 12.9. The Morgan fingerprint density at radius 3 is 2.68 bits per heavy atom. The largest absolute Gasteiger partial charge is 0.438 e. The van der Waals surface area contributed by atoms with E-state index >= 15 is 0 Å². The predicted molar refractivity (Wildman–Crippen MR) is 111 cm³/mol. The minimum absolute atomic E-state index is 0.167. The molecule has 1 atom stereocenters. The van der Waals surface area contributed by atoms with Gasteiger partial charge in [-0.05, 0) is 61.6 Å². The van der Waals surface area contributed by atoms with Crippen LogP contribution in [-0.2, 0) is 0 Å². The Morgan fingerprint density at radius 2 is 1.93 bits per heavy atom. The van der Waals surface area contributed by atoms with Crippen LogP contribution in [0.2, 0.25) is 0 Å². The first kappa shape index (κ1) is 18.7. The smallest absolute Gasteiger partial charge is 0.256 e. The topological polar surface area (TPSA) is 54.5 Å². The average molecular weight is 394 g/mol. The molecule has 3 aromatic rings. The van der Waals surface area contributed by atoms with Crippen LogP contribution >= 0.6 is 11.3 Å². The molecule has 0 bridgehead atoms. The van der Waals surface area contributed by atoms with Gasteiger partial charge in [-0.25, -0.2) is 4.98 Å². The number of para-hydroxylation sites is 1. The van der Waals surface area contributed by atoms with Gasteiger partial charge in [0.15, 0.2) is 0 Å². The highest BCUT2D eigenvalue weighted by Gasteiger charge is 2.25. The summed E-state index contributed by atoms with van der Waals surface area (Å²) >= 11 is 1.74. The number of hydrogen-bond acceptors (Lipinski definition) is 5. The number of rotatable bonds is 7. The molecule has 1 fully saturated rings. The van der Waals surface area contributed by atoms with E-state index in [1.807, 2.05) is 30.3 Å². The van der Waals surface area contributed by atoms with E-state index in [0.717, 1.165) is 13.1 Å². The number of likely N-dealkylation sites (tertiary alicyclic amines) is 1. The molecule has 1 aromatic carbocycles. The van der Waals surface area contributed by atoms with Gasteiger partial charge in [-0.2, -0.15) is 0 Å². The highest BCUT2D eigenvalue weighted by atomic mass is 32.1. The molecule has 4 rings (SSSR count). The Labute approximate surface area is 169 Å². The molecule has 1 amide bonds. The first-order valence-corrected chi connectivity index (χ1v) is 10.4. The molecule has 0 radical (unpaired) electrons. The van der Waals surface area contributed by atoms with Crippen molar-refractivity contribution >= 4 is 17.2 Å². The van der Waals surface area contributed by atoms with Gasteiger partial charge < -0.3 is 10.1 Å². The van der Waals surface area contributed by atoms with E-state index in [4.69, 9.17) is 4.74 Å². The quantitative estimate of drug-likeness (QED) is 0.642. The van der Waals surface area contributed by atoms with Gasteiger partial charge in [0.1, 0.15) is 11.3 Å². The van der Waals surface area contributed by atoms with Crippen LogP contribution in [0.5, 0.6) is 11.6 Å². The summed E-state index contributed by atoms with van der Waals surface area (Å²) in [6.07, 6.45) is 4.06. The predicted octanol–water partition coefficient (Wildman–Crippen LogP) is 4.50. The molecule has 144 valence electrons. The zero-order valence-electron chi connectivity index (χ0n) is 15.6. The van der Waals surface area contributed by atoms with Crippen LogP contribution in [0.3, 0.4) is 0 Å². The fourth-order valence-corrected chi connectivity index (χ4v) is 4.33. The minimum Gasteiger partial charge on any atom is -0.438 e. The van der Waals surface area contributed by atoms with Gasteiger partial charge in [-0.3, -0.25) is 9.69 Å². The van der Waals surface area contributed by atoms with E-state index in [1.165, 1.54) is 17.7 Å². The van der Waals surface area contributed by atoms with Crippen molar-refractivity contribution in [1.82, 2.24) is 15.2 Å². The summed E-state index contributed by atoms with van der Waals surface area (Å²) in [4.78, 5) is 20.9. The van der Waals surface area contributed by atoms with Gasteiger partial charge in [0.2, 0.25) is 5.88 Å². The molecule has 3 heterocycles. The number of thiophene rings is 1. The molecule has 1 N–H and O–H groups in total. The van der Waals surface area contributed by atoms with Crippen molar-refractivity contribution in [3.63, 3.8) is 0 Å². The van der Waals surface area contributed by atoms with Crippen LogP contribution in [-0.4, -0.2) is 35.4 Å². The number of aromatic nitrogens is 1. The van der Waals surface area contributed by atoms with Gasteiger partial charge in [-0.1, -0.05) is 24.3 Å². The van der Waals surface area contributed by atoms with Gasteiger partial charge in [-0.15, -0.1) is 11.3 Å². The SMILES string of the molecule is O=C(NCC(c1cccs1)N1CCCC1)c1cccnc1Oc1ccccc1. The third-order valence-electron chi connectivity index (χ3n) is 4.88. The lowest BCUT2D eigenvalue weighted by molar-refractivity contribution is 0.0935. The lowest BCUT2D eigenvalue weighted by Gasteiger charge is -2.27. The number of ether oxygens (including phenoxy) is 1. The second-order valence-electron chi connectivity index (χ2n) is 6.76. The summed E-state index contributed by atoms with van der Waals surface area (Å²) in [6, 6.07) is 17.3. The van der Waals surface area contributed by atoms with E-state index in [1.54, 1.807) is 29.7 Å². The van der Waals surface area contributed by atoms with Crippen molar-refractivity contribution in [3.8, 4) is 11.6 Å². The second-order valence-corrected chi connectivity index (χ2v) is 7.73. The number of nitrogens with one attached hydrogen (secondary N) is 1. The number of carbonyl (C=O) groups is 1. The minimum atomic E-state index is -0.167. The van der Waals surface area contributed by atoms with Crippen LogP contribution in [0, 0.1) is 0 Å². The van der Waals surface area contributed by atoms with E-state index in [-0.39, 0.29) is 11.9 Å². The number of hydrogen-bond donors (Lipinski definition) is 1. The summed E-state index contributed by atoms with van der Waals surface area (Å²) < 4.78 is 5.83. The zero-order valence-corrected chi connectivity index (χ0v) is 16.4. The molecule has 5 nitrogen and oxygen atoms in total. The van der Waals surface area contributed by atoms with Crippen LogP contribution in [0.15, 0.2) is 66.2 Å². The number of carbonyl (C=O) groups excluding carboxylic acids is 1. The molecule has 0 spiro atoms. The zero-order chi connectivity index (χ0) is 19.2. The molecular weight excluding hydrogens is 370 g/mol. The number of nitrogens with zero attached hydrogens (tertiary/aromatic N) is 2. The van der Waals surface area contributed by atoms with Crippen molar-refractivity contribution in [2.75, 3.05) is 19.6 Å². The summed E-state index contributed by atoms with van der Waals surface area (Å²) in [6.45, 7) is 2.72. The van der Waals surface area contributed by atoms with E-state index in [0.29, 0.717) is 23.7 Å². The lowest BCUT2D eigenvalue weighted by atomic mass is 10.2. The van der Waals surface area contributed by atoms with Crippen LogP contribution in [0.4, 0.5) is 0 Å². The van der Waals surface area contributed by atoms with Crippen molar-refractivity contribution in [3.05, 3.63) is 76.6 Å². The molecule has 1 aliphatic heterocycles. The lowest BCUT2D eigenvalue weighted by Crippen LogP contribution is -2.36. The molecule has 1 aliphatic rings. The van der Waals surface area contributed by atoms with Crippen molar-refractivity contribution in [2.45, 2.75) is 18.9 Å². The Hall–Kier alpha value is -2.70. The van der Waals surface area contributed by atoms with E-state index < -0.39 is 0 Å².